The molecule has 4 aromatic rings. The smallest absolute Gasteiger partial charge is 0.274 e. The maximum atomic E-state index is 13.3. The fraction of sp³-hybridized carbons (Fsp3) is 0.227. The van der Waals surface area contributed by atoms with Gasteiger partial charge in [0.05, 0.1) is 18.5 Å². The minimum atomic E-state index is -0.499. The third kappa shape index (κ3) is 3.45. The third-order valence-electron chi connectivity index (χ3n) is 5.27. The Morgan fingerprint density at radius 2 is 2.07 bits per heavy atom. The number of aromatic amines is 1. The van der Waals surface area contributed by atoms with E-state index in [-0.39, 0.29) is 11.5 Å². The highest BCUT2D eigenvalue weighted by Gasteiger charge is 2.23. The fourth-order valence-electron chi connectivity index (χ4n) is 3.79. The summed E-state index contributed by atoms with van der Waals surface area (Å²) in [5, 5.41) is 0. The van der Waals surface area contributed by atoms with Crippen molar-refractivity contribution in [3.63, 3.8) is 0 Å². The summed E-state index contributed by atoms with van der Waals surface area (Å²) >= 11 is 0. The summed E-state index contributed by atoms with van der Waals surface area (Å²) in [7, 11) is 0. The first-order valence-corrected chi connectivity index (χ1v) is 9.56. The Morgan fingerprint density at radius 3 is 2.83 bits per heavy atom. The van der Waals surface area contributed by atoms with E-state index in [1.54, 1.807) is 18.3 Å². The lowest BCUT2D eigenvalue weighted by Crippen LogP contribution is -2.14. The van der Waals surface area contributed by atoms with Crippen LogP contribution in [0.15, 0.2) is 59.7 Å². The summed E-state index contributed by atoms with van der Waals surface area (Å²) in [6.45, 7) is 1.36. The first-order chi connectivity index (χ1) is 14.2. The van der Waals surface area contributed by atoms with Gasteiger partial charge in [0.15, 0.2) is 0 Å². The van der Waals surface area contributed by atoms with E-state index in [4.69, 9.17) is 4.74 Å². The van der Waals surface area contributed by atoms with Crippen LogP contribution >= 0.6 is 0 Å². The minimum absolute atomic E-state index is 0.152. The number of ether oxygens (including phenoxy) is 1. The highest BCUT2D eigenvalue weighted by atomic mass is 19.1. The number of H-pyrrole nitrogens is 1. The molecule has 0 saturated carbocycles. The van der Waals surface area contributed by atoms with Crippen LogP contribution in [-0.2, 0) is 11.2 Å². The standard InChI is InChI=1S/C22H19FN4O2/c23-20-3-1-2-18(26-20)15-6-4-14(5-7-15)10-17-12-27-19(22(28)25-17)11-24-21(27)16-8-9-29-13-16/h1-7,11-12,16H,8-10,13H2,(H,25,28). The van der Waals surface area contributed by atoms with Crippen LogP contribution in [0.3, 0.4) is 0 Å². The van der Waals surface area contributed by atoms with Gasteiger partial charge in [-0.15, -0.1) is 0 Å². The van der Waals surface area contributed by atoms with Gasteiger partial charge in [0.1, 0.15) is 11.3 Å². The Labute approximate surface area is 166 Å². The molecule has 0 radical (unpaired) electrons. The number of rotatable bonds is 4. The molecule has 0 aliphatic carbocycles. The number of hydrogen-bond donors (Lipinski definition) is 1. The molecule has 29 heavy (non-hydrogen) atoms. The van der Waals surface area contributed by atoms with Crippen molar-refractivity contribution in [2.75, 3.05) is 13.2 Å². The number of imidazole rings is 1. The van der Waals surface area contributed by atoms with Gasteiger partial charge in [0.2, 0.25) is 5.95 Å². The zero-order chi connectivity index (χ0) is 19.8. The number of pyridine rings is 1. The van der Waals surface area contributed by atoms with Crippen molar-refractivity contribution in [2.24, 2.45) is 0 Å². The SMILES string of the molecule is O=c1[nH]c(Cc2ccc(-c3cccc(F)n3)cc2)cn2c(C3CCOC3)ncc12. The van der Waals surface area contributed by atoms with Crippen LogP contribution < -0.4 is 5.56 Å². The van der Waals surface area contributed by atoms with E-state index in [2.05, 4.69) is 15.0 Å². The molecule has 146 valence electrons. The van der Waals surface area contributed by atoms with E-state index in [1.165, 1.54) is 6.07 Å². The summed E-state index contributed by atoms with van der Waals surface area (Å²) in [5.74, 6) is 0.587. The van der Waals surface area contributed by atoms with Crippen molar-refractivity contribution >= 4 is 5.52 Å². The normalized spacial score (nSPS) is 16.5. The zero-order valence-corrected chi connectivity index (χ0v) is 15.6. The van der Waals surface area contributed by atoms with Crippen molar-refractivity contribution in [3.8, 4) is 11.3 Å². The molecule has 3 aromatic heterocycles. The molecule has 5 rings (SSSR count). The van der Waals surface area contributed by atoms with Gasteiger partial charge in [-0.1, -0.05) is 30.3 Å². The first-order valence-electron chi connectivity index (χ1n) is 9.56. The van der Waals surface area contributed by atoms with Gasteiger partial charge in [-0.05, 0) is 24.1 Å². The maximum Gasteiger partial charge on any atom is 0.274 e. The molecule has 4 heterocycles. The largest absolute Gasteiger partial charge is 0.381 e. The second kappa shape index (κ2) is 7.25. The summed E-state index contributed by atoms with van der Waals surface area (Å²) in [4.78, 5) is 23.8. The lowest BCUT2D eigenvalue weighted by Gasteiger charge is -2.09. The Hall–Kier alpha value is -3.32. The summed E-state index contributed by atoms with van der Waals surface area (Å²) in [6.07, 6.45) is 5.05. The van der Waals surface area contributed by atoms with Gasteiger partial charge < -0.3 is 9.72 Å². The van der Waals surface area contributed by atoms with E-state index >= 15 is 0 Å². The number of hydrogen-bond acceptors (Lipinski definition) is 4. The van der Waals surface area contributed by atoms with Crippen molar-refractivity contribution in [1.82, 2.24) is 19.4 Å². The quantitative estimate of drug-likeness (QED) is 0.543. The Bertz CT molecular complexity index is 1220. The number of nitrogens with one attached hydrogen (secondary N) is 1. The summed E-state index contributed by atoms with van der Waals surface area (Å²) < 4.78 is 20.7. The van der Waals surface area contributed by atoms with Crippen molar-refractivity contribution < 1.29 is 9.13 Å². The third-order valence-corrected chi connectivity index (χ3v) is 5.27. The molecule has 1 aliphatic rings. The lowest BCUT2D eigenvalue weighted by atomic mass is 10.1. The molecule has 1 aliphatic heterocycles. The van der Waals surface area contributed by atoms with Gasteiger partial charge in [-0.3, -0.25) is 9.20 Å². The molecule has 7 heteroatoms. The van der Waals surface area contributed by atoms with Crippen molar-refractivity contribution in [2.45, 2.75) is 18.8 Å². The van der Waals surface area contributed by atoms with Gasteiger partial charge >= 0.3 is 0 Å². The molecule has 1 N–H and O–H groups in total. The molecule has 1 aromatic carbocycles. The maximum absolute atomic E-state index is 13.3. The molecule has 1 fully saturated rings. The van der Waals surface area contributed by atoms with E-state index < -0.39 is 5.95 Å². The second-order valence-corrected chi connectivity index (χ2v) is 7.26. The molecule has 1 unspecified atom stereocenters. The average Bonchev–Trinajstić information content (AvgIpc) is 3.38. The van der Waals surface area contributed by atoms with Crippen LogP contribution in [0, 0.1) is 5.95 Å². The molecule has 0 bridgehead atoms. The molecular formula is C22H19FN4O2. The number of halogens is 1. The number of fused-ring (bicyclic) bond motifs is 1. The van der Waals surface area contributed by atoms with Gasteiger partial charge in [-0.2, -0.15) is 4.39 Å². The first kappa shape index (κ1) is 17.8. The number of aromatic nitrogens is 4. The van der Waals surface area contributed by atoms with Crippen LogP contribution in [-0.4, -0.2) is 32.6 Å². The van der Waals surface area contributed by atoms with Crippen LogP contribution in [0.2, 0.25) is 0 Å². The van der Waals surface area contributed by atoms with E-state index in [0.29, 0.717) is 24.2 Å². The van der Waals surface area contributed by atoms with Crippen LogP contribution in [0.5, 0.6) is 0 Å². The van der Waals surface area contributed by atoms with Gasteiger partial charge in [-0.25, -0.2) is 9.97 Å². The topological polar surface area (TPSA) is 72.3 Å². The Balaban J connectivity index is 1.44. The molecule has 6 nitrogen and oxygen atoms in total. The van der Waals surface area contributed by atoms with Gasteiger partial charge in [0.25, 0.3) is 5.56 Å². The molecule has 0 amide bonds. The van der Waals surface area contributed by atoms with Crippen LogP contribution in [0.1, 0.15) is 29.4 Å². The van der Waals surface area contributed by atoms with Crippen LogP contribution in [0.25, 0.3) is 16.8 Å². The Kier molecular flexibility index (Phi) is 4.44. The Morgan fingerprint density at radius 1 is 1.21 bits per heavy atom. The predicted molar refractivity (Wildman–Crippen MR) is 106 cm³/mol. The lowest BCUT2D eigenvalue weighted by molar-refractivity contribution is 0.193. The van der Waals surface area contributed by atoms with E-state index in [0.717, 1.165) is 35.7 Å². The second-order valence-electron chi connectivity index (χ2n) is 7.26. The summed E-state index contributed by atoms with van der Waals surface area (Å²) in [6, 6.07) is 12.5. The van der Waals surface area contributed by atoms with E-state index in [9.17, 15) is 9.18 Å². The molecular weight excluding hydrogens is 371 g/mol. The van der Waals surface area contributed by atoms with Crippen LogP contribution in [0.4, 0.5) is 4.39 Å². The monoisotopic (exact) mass is 390 g/mol. The minimum Gasteiger partial charge on any atom is -0.381 e. The van der Waals surface area contributed by atoms with Gasteiger partial charge in [0, 0.05) is 36.4 Å². The summed E-state index contributed by atoms with van der Waals surface area (Å²) in [5.41, 5.74) is 3.66. The van der Waals surface area contributed by atoms with Crippen molar-refractivity contribution in [1.29, 1.82) is 0 Å². The average molecular weight is 390 g/mol. The van der Waals surface area contributed by atoms with Crippen molar-refractivity contribution in [3.05, 3.63) is 88.2 Å². The van der Waals surface area contributed by atoms with E-state index in [1.807, 2.05) is 34.9 Å². The molecule has 1 atom stereocenters. The number of benzene rings is 1. The highest BCUT2D eigenvalue weighted by molar-refractivity contribution is 5.59. The molecule has 1 saturated heterocycles. The highest BCUT2D eigenvalue weighted by Crippen LogP contribution is 2.24. The molecule has 0 spiro atoms. The fourth-order valence-corrected chi connectivity index (χ4v) is 3.79. The number of nitrogens with zero attached hydrogens (tertiary/aromatic N) is 3. The zero-order valence-electron chi connectivity index (χ0n) is 15.6. The predicted octanol–water partition coefficient (Wildman–Crippen LogP) is 3.32.